The molecular weight excluding hydrogens is 366 g/mol. The van der Waals surface area contributed by atoms with Gasteiger partial charge in [-0.25, -0.2) is 4.98 Å². The second-order valence-electron chi connectivity index (χ2n) is 5.40. The Morgan fingerprint density at radius 2 is 1.81 bits per heavy atom. The third kappa shape index (κ3) is 3.79. The Balaban J connectivity index is 1.41. The Morgan fingerprint density at radius 1 is 1.00 bits per heavy atom. The van der Waals surface area contributed by atoms with E-state index < -0.39 is 0 Å². The van der Waals surface area contributed by atoms with E-state index in [0.29, 0.717) is 16.9 Å². The van der Waals surface area contributed by atoms with Crippen molar-refractivity contribution >= 4 is 23.1 Å². The van der Waals surface area contributed by atoms with Gasteiger partial charge >= 0.3 is 0 Å². The fourth-order valence-electron chi connectivity index (χ4n) is 2.34. The molecule has 0 atom stereocenters. The molecule has 130 valence electrons. The van der Waals surface area contributed by atoms with Crippen LogP contribution in [0.2, 0.25) is 0 Å². The SMILES string of the molecule is COc1ccc(-c2nc(CSc3nnc(-c4ccccc4)o3)cs2)cc1. The van der Waals surface area contributed by atoms with Gasteiger partial charge in [-0.05, 0) is 36.4 Å². The Bertz CT molecular complexity index is 981. The fraction of sp³-hybridized carbons (Fsp3) is 0.105. The van der Waals surface area contributed by atoms with Crippen LogP contribution >= 0.6 is 23.1 Å². The van der Waals surface area contributed by atoms with Gasteiger partial charge in [0.15, 0.2) is 0 Å². The van der Waals surface area contributed by atoms with Crippen molar-refractivity contribution in [3.05, 3.63) is 65.7 Å². The number of nitrogens with zero attached hydrogens (tertiary/aromatic N) is 3. The average Bonchev–Trinajstić information content (AvgIpc) is 3.37. The van der Waals surface area contributed by atoms with E-state index in [1.165, 1.54) is 11.8 Å². The predicted molar refractivity (Wildman–Crippen MR) is 103 cm³/mol. The van der Waals surface area contributed by atoms with Crippen molar-refractivity contribution in [1.29, 1.82) is 0 Å². The molecule has 4 aromatic rings. The summed E-state index contributed by atoms with van der Waals surface area (Å²) in [5, 5.41) is 11.8. The van der Waals surface area contributed by atoms with Crippen LogP contribution in [0.4, 0.5) is 0 Å². The van der Waals surface area contributed by atoms with E-state index in [2.05, 4.69) is 20.6 Å². The largest absolute Gasteiger partial charge is 0.497 e. The van der Waals surface area contributed by atoms with Crippen molar-refractivity contribution in [3.8, 4) is 27.8 Å². The van der Waals surface area contributed by atoms with E-state index in [4.69, 9.17) is 9.15 Å². The number of rotatable bonds is 6. The highest BCUT2D eigenvalue weighted by atomic mass is 32.2. The van der Waals surface area contributed by atoms with Gasteiger partial charge in [0.1, 0.15) is 10.8 Å². The topological polar surface area (TPSA) is 61.0 Å². The van der Waals surface area contributed by atoms with Crippen LogP contribution < -0.4 is 4.74 Å². The second kappa shape index (κ2) is 7.72. The molecule has 0 unspecified atom stereocenters. The van der Waals surface area contributed by atoms with Crippen molar-refractivity contribution in [3.63, 3.8) is 0 Å². The van der Waals surface area contributed by atoms with Crippen LogP contribution in [0.5, 0.6) is 5.75 Å². The first kappa shape index (κ1) is 16.8. The molecule has 0 saturated heterocycles. The highest BCUT2D eigenvalue weighted by Gasteiger charge is 2.11. The Labute approximate surface area is 159 Å². The van der Waals surface area contributed by atoms with Gasteiger partial charge in [-0.15, -0.1) is 21.5 Å². The lowest BCUT2D eigenvalue weighted by molar-refractivity contribution is 0.415. The molecule has 0 N–H and O–H groups in total. The Hall–Kier alpha value is -2.64. The average molecular weight is 381 g/mol. The molecule has 2 aromatic carbocycles. The molecule has 0 saturated carbocycles. The molecule has 0 aliphatic carbocycles. The minimum atomic E-state index is 0.533. The van der Waals surface area contributed by atoms with E-state index in [1.54, 1.807) is 18.4 Å². The van der Waals surface area contributed by atoms with Crippen LogP contribution in [0.15, 0.2) is 69.6 Å². The zero-order valence-corrected chi connectivity index (χ0v) is 15.6. The molecule has 0 aliphatic rings. The zero-order chi connectivity index (χ0) is 17.8. The van der Waals surface area contributed by atoms with E-state index in [9.17, 15) is 0 Å². The maximum atomic E-state index is 5.71. The Kier molecular flexibility index (Phi) is 4.99. The number of ether oxygens (including phenoxy) is 1. The van der Waals surface area contributed by atoms with E-state index in [-0.39, 0.29) is 0 Å². The third-order valence-electron chi connectivity index (χ3n) is 3.66. The van der Waals surface area contributed by atoms with Crippen molar-refractivity contribution in [2.75, 3.05) is 7.11 Å². The molecule has 0 spiro atoms. The number of thiazole rings is 1. The lowest BCUT2D eigenvalue weighted by Gasteiger charge is -2.00. The van der Waals surface area contributed by atoms with E-state index >= 15 is 0 Å². The van der Waals surface area contributed by atoms with Crippen LogP contribution in [-0.4, -0.2) is 22.3 Å². The summed E-state index contributed by atoms with van der Waals surface area (Å²) >= 11 is 3.11. The molecular formula is C19H15N3O2S2. The Morgan fingerprint density at radius 3 is 2.58 bits per heavy atom. The molecule has 4 rings (SSSR count). The molecule has 0 aliphatic heterocycles. The number of thioether (sulfide) groups is 1. The van der Waals surface area contributed by atoms with Gasteiger partial charge in [-0.2, -0.15) is 0 Å². The smallest absolute Gasteiger partial charge is 0.277 e. The van der Waals surface area contributed by atoms with Crippen LogP contribution in [-0.2, 0) is 5.75 Å². The summed E-state index contributed by atoms with van der Waals surface area (Å²) in [4.78, 5) is 4.68. The van der Waals surface area contributed by atoms with Gasteiger partial charge < -0.3 is 9.15 Å². The molecule has 26 heavy (non-hydrogen) atoms. The molecule has 5 nitrogen and oxygen atoms in total. The first-order valence-electron chi connectivity index (χ1n) is 7.92. The summed E-state index contributed by atoms with van der Waals surface area (Å²) in [6, 6.07) is 17.6. The molecule has 0 amide bonds. The van der Waals surface area contributed by atoms with Gasteiger partial charge in [0.25, 0.3) is 5.22 Å². The van der Waals surface area contributed by atoms with Gasteiger partial charge in [-0.1, -0.05) is 30.0 Å². The maximum absolute atomic E-state index is 5.71. The van der Waals surface area contributed by atoms with E-state index in [1.807, 2.05) is 54.6 Å². The maximum Gasteiger partial charge on any atom is 0.277 e. The minimum Gasteiger partial charge on any atom is -0.497 e. The van der Waals surface area contributed by atoms with Crippen LogP contribution in [0.1, 0.15) is 5.69 Å². The van der Waals surface area contributed by atoms with Gasteiger partial charge in [0.2, 0.25) is 5.89 Å². The standard InChI is InChI=1S/C19H15N3O2S2/c1-23-16-9-7-14(8-10-16)18-20-15(11-25-18)12-26-19-22-21-17(24-19)13-5-3-2-4-6-13/h2-11H,12H2,1H3. The molecule has 0 bridgehead atoms. The summed E-state index contributed by atoms with van der Waals surface area (Å²) < 4.78 is 10.9. The molecule has 2 aromatic heterocycles. The van der Waals surface area contributed by atoms with Crippen LogP contribution in [0.25, 0.3) is 22.0 Å². The van der Waals surface area contributed by atoms with Crippen molar-refractivity contribution < 1.29 is 9.15 Å². The van der Waals surface area contributed by atoms with Gasteiger partial charge in [0, 0.05) is 22.3 Å². The number of methoxy groups -OCH3 is 1. The summed E-state index contributed by atoms with van der Waals surface area (Å²) in [6.07, 6.45) is 0. The predicted octanol–water partition coefficient (Wildman–Crippen LogP) is 5.16. The summed E-state index contributed by atoms with van der Waals surface area (Å²) in [5.41, 5.74) is 2.99. The van der Waals surface area contributed by atoms with Crippen molar-refractivity contribution in [1.82, 2.24) is 15.2 Å². The van der Waals surface area contributed by atoms with Crippen LogP contribution in [0.3, 0.4) is 0 Å². The fourth-order valence-corrected chi connectivity index (χ4v) is 3.93. The monoisotopic (exact) mass is 381 g/mol. The van der Waals surface area contributed by atoms with Crippen LogP contribution in [0, 0.1) is 0 Å². The second-order valence-corrected chi connectivity index (χ2v) is 7.19. The molecule has 7 heteroatoms. The molecule has 0 fully saturated rings. The normalized spacial score (nSPS) is 10.8. The van der Waals surface area contributed by atoms with Crippen molar-refractivity contribution in [2.45, 2.75) is 11.0 Å². The lowest BCUT2D eigenvalue weighted by Crippen LogP contribution is -1.84. The van der Waals surface area contributed by atoms with Crippen molar-refractivity contribution in [2.24, 2.45) is 0 Å². The highest BCUT2D eigenvalue weighted by molar-refractivity contribution is 7.98. The first-order valence-corrected chi connectivity index (χ1v) is 9.79. The zero-order valence-electron chi connectivity index (χ0n) is 14.0. The third-order valence-corrected chi connectivity index (χ3v) is 5.45. The van der Waals surface area contributed by atoms with Gasteiger partial charge in [0.05, 0.1) is 12.8 Å². The number of benzene rings is 2. The number of hydrogen-bond donors (Lipinski definition) is 0. The quantitative estimate of drug-likeness (QED) is 0.430. The lowest BCUT2D eigenvalue weighted by atomic mass is 10.2. The number of hydrogen-bond acceptors (Lipinski definition) is 7. The first-order chi connectivity index (χ1) is 12.8. The van der Waals surface area contributed by atoms with E-state index in [0.717, 1.165) is 27.6 Å². The van der Waals surface area contributed by atoms with Gasteiger partial charge in [-0.3, -0.25) is 0 Å². The number of aromatic nitrogens is 3. The molecule has 2 heterocycles. The minimum absolute atomic E-state index is 0.533. The molecule has 0 radical (unpaired) electrons. The summed E-state index contributed by atoms with van der Waals surface area (Å²) in [7, 11) is 1.66. The highest BCUT2D eigenvalue weighted by Crippen LogP contribution is 2.29. The summed E-state index contributed by atoms with van der Waals surface area (Å²) in [6.45, 7) is 0. The summed E-state index contributed by atoms with van der Waals surface area (Å²) in [5.74, 6) is 2.06.